The number of hydrogen-bond donors (Lipinski definition) is 0. The summed E-state index contributed by atoms with van der Waals surface area (Å²) in [6, 6.07) is 16.3. The van der Waals surface area contributed by atoms with Crippen molar-refractivity contribution in [3.05, 3.63) is 59.2 Å². The van der Waals surface area contributed by atoms with E-state index >= 15 is 0 Å². The molecular formula is C51H86N2. The minimum atomic E-state index is 0.908. The highest BCUT2D eigenvalue weighted by atomic mass is 14.8. The fourth-order valence-corrected chi connectivity index (χ4v) is 7.69. The number of nitrogens with zero attached hydrogens (tertiary/aromatic N) is 2. The van der Waals surface area contributed by atoms with Crippen molar-refractivity contribution in [3.63, 3.8) is 0 Å². The van der Waals surface area contributed by atoms with Gasteiger partial charge in [-0.05, 0) is 98.7 Å². The summed E-state index contributed by atoms with van der Waals surface area (Å²) in [7, 11) is 0. The molecule has 2 rings (SSSR count). The largest absolute Gasteiger partial charge is 0.252 e. The summed E-state index contributed by atoms with van der Waals surface area (Å²) in [6.45, 7) is 11.4. The number of aryl methyl sites for hydroxylation is 3. The van der Waals surface area contributed by atoms with Crippen molar-refractivity contribution < 1.29 is 0 Å². The quantitative estimate of drug-likeness (QED) is 0.0499. The zero-order valence-corrected chi connectivity index (χ0v) is 36.1. The standard InChI is InChI=1S/C51H86N2/c1-6-11-15-16-17-18-19-20-21-22-23-24-25-26-27-28-29-33-34-45-38-40-48(41-39-45)52-50(10-5)51(37-32-14-9-4)53-49-43-46(35-30-12-7-2)42-47(44-49)36-31-13-8-3/h38-44H,6-37H2,1-5H3. The minimum Gasteiger partial charge on any atom is -0.252 e. The molecule has 0 fully saturated rings. The summed E-state index contributed by atoms with van der Waals surface area (Å²) in [6.07, 6.45) is 42.4. The van der Waals surface area contributed by atoms with Crippen molar-refractivity contribution in [1.29, 1.82) is 0 Å². The van der Waals surface area contributed by atoms with Crippen molar-refractivity contribution in [1.82, 2.24) is 0 Å². The van der Waals surface area contributed by atoms with Gasteiger partial charge in [0, 0.05) is 0 Å². The molecule has 0 bridgehead atoms. The van der Waals surface area contributed by atoms with Gasteiger partial charge in [0.2, 0.25) is 0 Å². The van der Waals surface area contributed by atoms with E-state index in [4.69, 9.17) is 9.98 Å². The molecule has 0 amide bonds. The maximum Gasteiger partial charge on any atom is 0.0639 e. The first kappa shape index (κ1) is 46.9. The monoisotopic (exact) mass is 727 g/mol. The van der Waals surface area contributed by atoms with Gasteiger partial charge in [0.1, 0.15) is 0 Å². The minimum absolute atomic E-state index is 0.908. The first-order valence-electron chi connectivity index (χ1n) is 23.5. The number of hydrogen-bond acceptors (Lipinski definition) is 2. The topological polar surface area (TPSA) is 24.7 Å². The lowest BCUT2D eigenvalue weighted by Crippen LogP contribution is -2.13. The molecule has 2 aromatic carbocycles. The van der Waals surface area contributed by atoms with E-state index in [1.165, 1.54) is 202 Å². The molecule has 2 heteroatoms. The van der Waals surface area contributed by atoms with Gasteiger partial charge in [-0.3, -0.25) is 9.98 Å². The van der Waals surface area contributed by atoms with Crippen LogP contribution in [0.5, 0.6) is 0 Å². The predicted octanol–water partition coefficient (Wildman–Crippen LogP) is 17.6. The summed E-state index contributed by atoms with van der Waals surface area (Å²) in [5.41, 5.74) is 8.91. The first-order chi connectivity index (χ1) is 26.1. The third-order valence-electron chi connectivity index (χ3n) is 11.1. The zero-order chi connectivity index (χ0) is 38.0. The maximum atomic E-state index is 5.39. The van der Waals surface area contributed by atoms with Crippen LogP contribution < -0.4 is 0 Å². The van der Waals surface area contributed by atoms with Crippen LogP contribution in [0.4, 0.5) is 11.4 Å². The lowest BCUT2D eigenvalue weighted by molar-refractivity contribution is 0.525. The summed E-state index contributed by atoms with van der Waals surface area (Å²) in [5.74, 6) is 0. The molecule has 0 aromatic heterocycles. The van der Waals surface area contributed by atoms with E-state index in [9.17, 15) is 0 Å². The summed E-state index contributed by atoms with van der Waals surface area (Å²) >= 11 is 0. The van der Waals surface area contributed by atoms with E-state index < -0.39 is 0 Å². The maximum absolute atomic E-state index is 5.39. The van der Waals surface area contributed by atoms with E-state index in [0.717, 1.165) is 42.8 Å². The highest BCUT2D eigenvalue weighted by Gasteiger charge is 2.11. The Bertz CT molecular complexity index is 1160. The van der Waals surface area contributed by atoms with E-state index in [2.05, 4.69) is 77.1 Å². The Hall–Kier alpha value is -2.22. The molecule has 0 radical (unpaired) electrons. The molecule has 0 unspecified atom stereocenters. The van der Waals surface area contributed by atoms with Crippen LogP contribution in [0.3, 0.4) is 0 Å². The third kappa shape index (κ3) is 24.0. The van der Waals surface area contributed by atoms with E-state index in [-0.39, 0.29) is 0 Å². The van der Waals surface area contributed by atoms with Crippen molar-refractivity contribution in [3.8, 4) is 0 Å². The predicted molar refractivity (Wildman–Crippen MR) is 240 cm³/mol. The van der Waals surface area contributed by atoms with Gasteiger partial charge in [-0.15, -0.1) is 0 Å². The molecular weight excluding hydrogens is 641 g/mol. The van der Waals surface area contributed by atoms with Crippen LogP contribution in [0.1, 0.15) is 238 Å². The second-order valence-electron chi connectivity index (χ2n) is 16.3. The summed E-state index contributed by atoms with van der Waals surface area (Å²) in [5, 5.41) is 0. The van der Waals surface area contributed by atoms with Crippen molar-refractivity contribution in [2.75, 3.05) is 0 Å². The molecule has 2 aromatic rings. The van der Waals surface area contributed by atoms with Gasteiger partial charge in [-0.25, -0.2) is 0 Å². The van der Waals surface area contributed by atoms with Crippen LogP contribution in [-0.4, -0.2) is 11.4 Å². The van der Waals surface area contributed by atoms with Gasteiger partial charge >= 0.3 is 0 Å². The molecule has 300 valence electrons. The Kier molecular flexibility index (Phi) is 29.4. The number of benzene rings is 2. The van der Waals surface area contributed by atoms with Gasteiger partial charge in [-0.2, -0.15) is 0 Å². The number of aliphatic imine (C=N–C) groups is 2. The third-order valence-corrected chi connectivity index (χ3v) is 11.1. The van der Waals surface area contributed by atoms with E-state index in [1.54, 1.807) is 0 Å². The molecule has 0 heterocycles. The highest BCUT2D eigenvalue weighted by Crippen LogP contribution is 2.24. The molecule has 0 saturated heterocycles. The Labute approximate surface area is 331 Å². The fraction of sp³-hybridized carbons (Fsp3) is 0.725. The molecule has 53 heavy (non-hydrogen) atoms. The van der Waals surface area contributed by atoms with E-state index in [0.29, 0.717) is 0 Å². The Morgan fingerprint density at radius 3 is 1.15 bits per heavy atom. The summed E-state index contributed by atoms with van der Waals surface area (Å²) < 4.78 is 0. The van der Waals surface area contributed by atoms with Gasteiger partial charge < -0.3 is 0 Å². The molecule has 0 aliphatic rings. The lowest BCUT2D eigenvalue weighted by atomic mass is 9.99. The average molecular weight is 727 g/mol. The van der Waals surface area contributed by atoms with E-state index in [1.807, 2.05) is 0 Å². The van der Waals surface area contributed by atoms with Gasteiger partial charge in [-0.1, -0.05) is 200 Å². The molecule has 0 spiro atoms. The van der Waals surface area contributed by atoms with Crippen LogP contribution in [0.2, 0.25) is 0 Å². The second-order valence-corrected chi connectivity index (χ2v) is 16.3. The number of rotatable bonds is 35. The zero-order valence-electron chi connectivity index (χ0n) is 36.1. The Morgan fingerprint density at radius 1 is 0.340 bits per heavy atom. The Balaban J connectivity index is 1.82. The molecule has 0 aliphatic heterocycles. The van der Waals surface area contributed by atoms with Crippen molar-refractivity contribution in [2.24, 2.45) is 9.98 Å². The van der Waals surface area contributed by atoms with Gasteiger partial charge in [0.15, 0.2) is 0 Å². The summed E-state index contributed by atoms with van der Waals surface area (Å²) in [4.78, 5) is 10.6. The van der Waals surface area contributed by atoms with Gasteiger partial charge in [0.05, 0.1) is 22.8 Å². The highest BCUT2D eigenvalue weighted by molar-refractivity contribution is 6.43. The molecule has 0 saturated carbocycles. The molecule has 0 atom stereocenters. The van der Waals surface area contributed by atoms with Crippen LogP contribution in [0, 0.1) is 0 Å². The van der Waals surface area contributed by atoms with Crippen LogP contribution >= 0.6 is 0 Å². The van der Waals surface area contributed by atoms with Crippen molar-refractivity contribution >= 4 is 22.8 Å². The number of unbranched alkanes of at least 4 members (excludes halogenated alkanes) is 23. The van der Waals surface area contributed by atoms with Crippen molar-refractivity contribution in [2.45, 2.75) is 240 Å². The smallest absolute Gasteiger partial charge is 0.0639 e. The van der Waals surface area contributed by atoms with Crippen LogP contribution in [0.25, 0.3) is 0 Å². The van der Waals surface area contributed by atoms with Gasteiger partial charge in [0.25, 0.3) is 0 Å². The SMILES string of the molecule is CCCCCCCCCCCCCCCCCCCCc1ccc(N=C(CC)C(CCCCC)=Nc2cc(CCCCC)cc(CCCCC)c2)cc1. The lowest BCUT2D eigenvalue weighted by Gasteiger charge is -2.12. The Morgan fingerprint density at radius 2 is 0.698 bits per heavy atom. The molecule has 2 nitrogen and oxygen atoms in total. The molecule has 0 N–H and O–H groups in total. The average Bonchev–Trinajstić information content (AvgIpc) is 3.17. The second kappa shape index (κ2) is 33.1. The first-order valence-corrected chi connectivity index (χ1v) is 23.5. The molecule has 0 aliphatic carbocycles. The fourth-order valence-electron chi connectivity index (χ4n) is 7.69. The van der Waals surface area contributed by atoms with Crippen LogP contribution in [0.15, 0.2) is 52.4 Å². The van der Waals surface area contributed by atoms with Crippen LogP contribution in [-0.2, 0) is 19.3 Å². The normalized spacial score (nSPS) is 12.2.